The van der Waals surface area contributed by atoms with Gasteiger partial charge in [0.1, 0.15) is 0 Å². The molecule has 0 spiro atoms. The molecule has 5 heterocycles. The SMILES string of the molecule is CB(O)N1CCC(n2cnc3c(-n4c(C(F)F)nc5ccccc54)nc(N4CCOCC4)nc32)C1. The summed E-state index contributed by atoms with van der Waals surface area (Å²) in [5.41, 5.74) is 2.01. The average molecular weight is 482 g/mol. The van der Waals surface area contributed by atoms with Crippen molar-refractivity contribution in [1.82, 2.24) is 33.9 Å². The van der Waals surface area contributed by atoms with Crippen LogP contribution in [0.2, 0.25) is 6.82 Å². The van der Waals surface area contributed by atoms with Crippen LogP contribution in [0.1, 0.15) is 24.7 Å². The predicted molar refractivity (Wildman–Crippen MR) is 127 cm³/mol. The van der Waals surface area contributed by atoms with Gasteiger partial charge in [0, 0.05) is 25.7 Å². The third-order valence-corrected chi connectivity index (χ3v) is 6.80. The zero-order valence-corrected chi connectivity index (χ0v) is 19.3. The van der Waals surface area contributed by atoms with Gasteiger partial charge in [-0.3, -0.25) is 4.57 Å². The average Bonchev–Trinajstić information content (AvgIpc) is 3.60. The highest BCUT2D eigenvalue weighted by molar-refractivity contribution is 6.45. The van der Waals surface area contributed by atoms with Crippen LogP contribution in [0.5, 0.6) is 0 Å². The molecular weight excluding hydrogens is 457 g/mol. The largest absolute Gasteiger partial charge is 0.437 e. The van der Waals surface area contributed by atoms with Crippen LogP contribution in [0.25, 0.3) is 28.0 Å². The fourth-order valence-corrected chi connectivity index (χ4v) is 4.97. The number of fused-ring (bicyclic) bond motifs is 2. The molecule has 0 radical (unpaired) electrons. The number of anilines is 1. The summed E-state index contributed by atoms with van der Waals surface area (Å²) in [6, 6.07) is 7.07. The Morgan fingerprint density at radius 3 is 2.66 bits per heavy atom. The van der Waals surface area contributed by atoms with Crippen LogP contribution in [0.15, 0.2) is 30.6 Å². The minimum absolute atomic E-state index is 0.0454. The Kier molecular flexibility index (Phi) is 5.62. The summed E-state index contributed by atoms with van der Waals surface area (Å²) in [5.74, 6) is 0.348. The summed E-state index contributed by atoms with van der Waals surface area (Å²) in [6.07, 6.45) is -0.280. The van der Waals surface area contributed by atoms with Gasteiger partial charge in [0.2, 0.25) is 5.95 Å². The second-order valence-electron chi connectivity index (χ2n) is 8.93. The fourth-order valence-electron chi connectivity index (χ4n) is 4.97. The Morgan fingerprint density at radius 2 is 1.91 bits per heavy atom. The Balaban J connectivity index is 1.57. The van der Waals surface area contributed by atoms with E-state index in [-0.39, 0.29) is 17.7 Å². The number of hydrogen-bond acceptors (Lipinski definition) is 8. The monoisotopic (exact) mass is 482 g/mol. The minimum Gasteiger partial charge on any atom is -0.437 e. The molecule has 1 N–H and O–H groups in total. The molecule has 2 fully saturated rings. The number of aromatic nitrogens is 6. The van der Waals surface area contributed by atoms with E-state index in [0.29, 0.717) is 61.0 Å². The Morgan fingerprint density at radius 1 is 1.11 bits per heavy atom. The van der Waals surface area contributed by atoms with E-state index in [9.17, 15) is 13.8 Å². The molecule has 1 aromatic carbocycles. The standard InChI is InChI=1S/C22H25BF2N8O2/c1-23(34)31-7-6-14(12-31)32-13-26-17-19(32)28-22(30-8-10-35-11-9-30)29-20(17)33-16-5-3-2-4-15(16)27-21(33)18(24)25/h2-5,13-14,18,34H,6-12H2,1H3. The lowest BCUT2D eigenvalue weighted by atomic mass is 9.86. The van der Waals surface area contributed by atoms with Crippen molar-refractivity contribution in [1.29, 1.82) is 0 Å². The molecule has 6 rings (SSSR count). The van der Waals surface area contributed by atoms with Crippen LogP contribution >= 0.6 is 0 Å². The molecule has 10 nitrogen and oxygen atoms in total. The zero-order valence-electron chi connectivity index (χ0n) is 19.3. The molecule has 2 aliphatic heterocycles. The topological polar surface area (TPSA) is 97.4 Å². The second-order valence-corrected chi connectivity index (χ2v) is 8.93. The Labute approximate surface area is 200 Å². The first-order chi connectivity index (χ1) is 17.0. The number of benzene rings is 1. The van der Waals surface area contributed by atoms with Gasteiger partial charge in [-0.2, -0.15) is 9.97 Å². The van der Waals surface area contributed by atoms with Crippen molar-refractivity contribution in [2.24, 2.45) is 0 Å². The molecule has 1 atom stereocenters. The summed E-state index contributed by atoms with van der Waals surface area (Å²) in [7, 11) is -0.546. The van der Waals surface area contributed by atoms with Crippen molar-refractivity contribution in [3.05, 3.63) is 36.4 Å². The number of morpholine rings is 1. The van der Waals surface area contributed by atoms with Crippen LogP contribution in [-0.2, 0) is 4.74 Å². The summed E-state index contributed by atoms with van der Waals surface area (Å²) >= 11 is 0. The van der Waals surface area contributed by atoms with E-state index in [0.717, 1.165) is 13.0 Å². The number of rotatable bonds is 5. The second kappa shape index (κ2) is 8.81. The van der Waals surface area contributed by atoms with E-state index in [1.54, 1.807) is 37.4 Å². The van der Waals surface area contributed by atoms with Crippen molar-refractivity contribution in [2.45, 2.75) is 25.7 Å². The fraction of sp³-hybridized carbons (Fsp3) is 0.455. The van der Waals surface area contributed by atoms with Crippen molar-refractivity contribution < 1.29 is 18.5 Å². The van der Waals surface area contributed by atoms with Crippen molar-refractivity contribution in [3.8, 4) is 5.82 Å². The van der Waals surface area contributed by atoms with Gasteiger partial charge in [-0.1, -0.05) is 12.1 Å². The molecular formula is C22H25BF2N8O2. The molecule has 0 saturated carbocycles. The quantitative estimate of drug-likeness (QED) is 0.433. The molecule has 2 aliphatic rings. The Hall–Kier alpha value is -3.16. The highest BCUT2D eigenvalue weighted by Gasteiger charge is 2.31. The molecule has 13 heteroatoms. The van der Waals surface area contributed by atoms with Crippen LogP contribution in [0.3, 0.4) is 0 Å². The van der Waals surface area contributed by atoms with Gasteiger partial charge in [-0.05, 0) is 31.9 Å². The van der Waals surface area contributed by atoms with Crippen LogP contribution in [0.4, 0.5) is 14.7 Å². The molecule has 0 bridgehead atoms. The number of alkyl halides is 2. The van der Waals surface area contributed by atoms with E-state index < -0.39 is 13.5 Å². The highest BCUT2D eigenvalue weighted by atomic mass is 19.3. The number of ether oxygens (including phenoxy) is 1. The first kappa shape index (κ1) is 22.3. The molecule has 35 heavy (non-hydrogen) atoms. The van der Waals surface area contributed by atoms with Gasteiger partial charge >= 0.3 is 7.05 Å². The van der Waals surface area contributed by atoms with E-state index in [2.05, 4.69) is 9.97 Å². The van der Waals surface area contributed by atoms with E-state index in [1.807, 2.05) is 14.3 Å². The van der Waals surface area contributed by atoms with Crippen molar-refractivity contribution in [2.75, 3.05) is 44.3 Å². The number of imidazole rings is 2. The maximum absolute atomic E-state index is 14.2. The number of halogens is 2. The number of para-hydroxylation sites is 2. The number of nitrogens with zero attached hydrogens (tertiary/aromatic N) is 8. The maximum Gasteiger partial charge on any atom is 0.376 e. The van der Waals surface area contributed by atoms with E-state index in [4.69, 9.17) is 14.7 Å². The maximum atomic E-state index is 14.2. The van der Waals surface area contributed by atoms with Crippen LogP contribution < -0.4 is 4.90 Å². The van der Waals surface area contributed by atoms with Crippen LogP contribution in [-0.4, -0.2) is 85.3 Å². The molecule has 0 aliphatic carbocycles. The summed E-state index contributed by atoms with van der Waals surface area (Å²) in [4.78, 5) is 22.4. The van der Waals surface area contributed by atoms with E-state index in [1.165, 1.54) is 4.57 Å². The lowest BCUT2D eigenvalue weighted by molar-refractivity contribution is 0.122. The normalized spacial score (nSPS) is 19.5. The Bertz CT molecular complexity index is 1370. The van der Waals surface area contributed by atoms with Gasteiger partial charge in [-0.15, -0.1) is 0 Å². The third-order valence-electron chi connectivity index (χ3n) is 6.80. The molecule has 0 amide bonds. The minimum atomic E-state index is -2.80. The van der Waals surface area contributed by atoms with Gasteiger partial charge in [-0.25, -0.2) is 18.7 Å². The summed E-state index contributed by atoms with van der Waals surface area (Å²) in [5, 5.41) is 10.0. The first-order valence-electron chi connectivity index (χ1n) is 11.8. The molecule has 1 unspecified atom stereocenters. The van der Waals surface area contributed by atoms with Crippen molar-refractivity contribution in [3.63, 3.8) is 0 Å². The van der Waals surface area contributed by atoms with Gasteiger partial charge in [0.05, 0.1) is 30.6 Å². The van der Waals surface area contributed by atoms with Gasteiger partial charge in [0.15, 0.2) is 22.8 Å². The zero-order chi connectivity index (χ0) is 24.1. The summed E-state index contributed by atoms with van der Waals surface area (Å²) in [6.45, 7) is 5.43. The van der Waals surface area contributed by atoms with Crippen LogP contribution in [0, 0.1) is 0 Å². The first-order valence-corrected chi connectivity index (χ1v) is 11.8. The summed E-state index contributed by atoms with van der Waals surface area (Å²) < 4.78 is 37.2. The van der Waals surface area contributed by atoms with E-state index >= 15 is 0 Å². The molecule has 4 aromatic rings. The highest BCUT2D eigenvalue weighted by Crippen LogP contribution is 2.33. The molecule has 2 saturated heterocycles. The predicted octanol–water partition coefficient (Wildman–Crippen LogP) is 2.30. The molecule has 182 valence electrons. The molecule has 3 aromatic heterocycles. The van der Waals surface area contributed by atoms with Gasteiger partial charge in [0.25, 0.3) is 6.43 Å². The lowest BCUT2D eigenvalue weighted by Crippen LogP contribution is -2.37. The smallest absolute Gasteiger partial charge is 0.376 e. The third kappa shape index (κ3) is 3.83. The van der Waals surface area contributed by atoms with Gasteiger partial charge < -0.3 is 24.0 Å². The van der Waals surface area contributed by atoms with Crippen molar-refractivity contribution >= 4 is 35.2 Å². The lowest BCUT2D eigenvalue weighted by Gasteiger charge is -2.27. The number of hydrogen-bond donors (Lipinski definition) is 1.